The summed E-state index contributed by atoms with van der Waals surface area (Å²) in [5, 5.41) is 0. The van der Waals surface area contributed by atoms with Gasteiger partial charge in [0.05, 0.1) is 0 Å². The Kier molecular flexibility index (Phi) is 4.78. The van der Waals surface area contributed by atoms with Gasteiger partial charge in [-0.25, -0.2) is 0 Å². The maximum absolute atomic E-state index is 3.86. The fraction of sp³-hybridized carbons (Fsp3) is 1.00. The number of hydrogen-bond acceptors (Lipinski definition) is 0. The Balaban J connectivity index is 2.40. The third-order valence-electron chi connectivity index (χ3n) is 3.53. The van der Waals surface area contributed by atoms with Crippen molar-refractivity contribution in [3.05, 3.63) is 0 Å². The molecule has 4 atom stereocenters. The number of rotatable bonds is 3. The van der Waals surface area contributed by atoms with Crippen molar-refractivity contribution in [1.82, 2.24) is 0 Å². The fourth-order valence-corrected chi connectivity index (χ4v) is 3.96. The molecule has 1 fully saturated rings. The van der Waals surface area contributed by atoms with Gasteiger partial charge in [0.1, 0.15) is 0 Å². The molecule has 78 valence electrons. The average Bonchev–Trinajstić information content (AvgIpc) is 2.04. The molecule has 1 rings (SSSR count). The Morgan fingerprint density at radius 2 is 2.00 bits per heavy atom. The molecule has 1 aliphatic rings. The van der Waals surface area contributed by atoms with Crippen LogP contribution < -0.4 is 0 Å². The van der Waals surface area contributed by atoms with Crippen molar-refractivity contribution in [2.75, 3.05) is 0 Å². The first-order chi connectivity index (χ1) is 6.15. The molecule has 0 spiro atoms. The van der Waals surface area contributed by atoms with Crippen molar-refractivity contribution in [1.29, 1.82) is 0 Å². The van der Waals surface area contributed by atoms with Crippen LogP contribution in [0.1, 0.15) is 52.9 Å². The van der Waals surface area contributed by atoms with Gasteiger partial charge in [-0.15, -0.1) is 0 Å². The van der Waals surface area contributed by atoms with Crippen molar-refractivity contribution in [2.45, 2.75) is 57.7 Å². The van der Waals surface area contributed by atoms with E-state index in [9.17, 15) is 0 Å². The van der Waals surface area contributed by atoms with E-state index in [4.69, 9.17) is 0 Å². The maximum atomic E-state index is 3.86. The van der Waals surface area contributed by atoms with E-state index in [1.165, 1.54) is 32.1 Å². The maximum Gasteiger partial charge on any atom is 0.0176 e. The zero-order valence-electron chi connectivity index (χ0n) is 9.22. The molecular weight excluding hydrogens is 224 g/mol. The summed E-state index contributed by atoms with van der Waals surface area (Å²) in [4.78, 5) is 0.778. The molecule has 0 N–H and O–H groups in total. The molecule has 1 aliphatic carbocycles. The molecule has 0 aromatic heterocycles. The van der Waals surface area contributed by atoms with E-state index in [2.05, 4.69) is 36.7 Å². The van der Waals surface area contributed by atoms with Crippen LogP contribution in [-0.2, 0) is 0 Å². The molecule has 0 radical (unpaired) electrons. The summed E-state index contributed by atoms with van der Waals surface area (Å²) in [6.45, 7) is 7.12. The lowest BCUT2D eigenvalue weighted by Crippen LogP contribution is -2.28. The summed E-state index contributed by atoms with van der Waals surface area (Å²) >= 11 is 3.86. The van der Waals surface area contributed by atoms with Crippen molar-refractivity contribution in [3.63, 3.8) is 0 Å². The molecule has 1 heteroatoms. The van der Waals surface area contributed by atoms with Gasteiger partial charge in [0.25, 0.3) is 0 Å². The first kappa shape index (κ1) is 11.6. The largest absolute Gasteiger partial charge is 0.0888 e. The molecule has 0 amide bonds. The molecule has 0 heterocycles. The lowest BCUT2D eigenvalue weighted by molar-refractivity contribution is 0.198. The van der Waals surface area contributed by atoms with Crippen molar-refractivity contribution in [3.8, 4) is 0 Å². The highest BCUT2D eigenvalue weighted by Gasteiger charge is 2.29. The van der Waals surface area contributed by atoms with Crippen LogP contribution >= 0.6 is 15.9 Å². The Labute approximate surface area is 91.6 Å². The molecule has 0 aliphatic heterocycles. The van der Waals surface area contributed by atoms with Gasteiger partial charge in [-0.2, -0.15) is 0 Å². The number of alkyl halides is 1. The topological polar surface area (TPSA) is 0 Å². The smallest absolute Gasteiger partial charge is 0.0176 e. The van der Waals surface area contributed by atoms with Crippen molar-refractivity contribution in [2.24, 2.45) is 17.8 Å². The molecule has 0 nitrogen and oxygen atoms in total. The molecule has 4 unspecified atom stereocenters. The standard InChI is InChI=1S/C12H23Br/c1-4-5-12(13)11-7-6-9(2)8-10(11)3/h9-12H,4-8H2,1-3H3. The molecule has 0 aromatic carbocycles. The Bertz CT molecular complexity index is 140. The van der Waals surface area contributed by atoms with E-state index >= 15 is 0 Å². The van der Waals surface area contributed by atoms with E-state index < -0.39 is 0 Å². The zero-order chi connectivity index (χ0) is 9.84. The second kappa shape index (κ2) is 5.38. The lowest BCUT2D eigenvalue weighted by Gasteiger charge is -2.35. The van der Waals surface area contributed by atoms with Crippen LogP contribution in [-0.4, -0.2) is 4.83 Å². The molecule has 0 saturated heterocycles. The third-order valence-corrected chi connectivity index (χ3v) is 4.66. The summed E-state index contributed by atoms with van der Waals surface area (Å²) in [5.41, 5.74) is 0. The van der Waals surface area contributed by atoms with Crippen LogP contribution in [0.15, 0.2) is 0 Å². The molecule has 1 saturated carbocycles. The summed E-state index contributed by atoms with van der Waals surface area (Å²) in [6, 6.07) is 0. The average molecular weight is 247 g/mol. The van der Waals surface area contributed by atoms with Crippen LogP contribution in [0.4, 0.5) is 0 Å². The summed E-state index contributed by atoms with van der Waals surface area (Å²) < 4.78 is 0. The van der Waals surface area contributed by atoms with Crippen LogP contribution in [0.5, 0.6) is 0 Å². The van der Waals surface area contributed by atoms with Crippen LogP contribution in [0.3, 0.4) is 0 Å². The minimum absolute atomic E-state index is 0.778. The van der Waals surface area contributed by atoms with Crippen LogP contribution in [0.2, 0.25) is 0 Å². The monoisotopic (exact) mass is 246 g/mol. The fourth-order valence-electron chi connectivity index (χ4n) is 2.72. The highest BCUT2D eigenvalue weighted by Crippen LogP contribution is 2.38. The van der Waals surface area contributed by atoms with E-state index in [1.54, 1.807) is 0 Å². The Morgan fingerprint density at radius 3 is 2.54 bits per heavy atom. The van der Waals surface area contributed by atoms with Gasteiger partial charge in [0.15, 0.2) is 0 Å². The number of halogens is 1. The molecule has 13 heavy (non-hydrogen) atoms. The summed E-state index contributed by atoms with van der Waals surface area (Å²) in [5.74, 6) is 2.84. The summed E-state index contributed by atoms with van der Waals surface area (Å²) in [7, 11) is 0. The van der Waals surface area contributed by atoms with E-state index in [0.717, 1.165) is 22.6 Å². The van der Waals surface area contributed by atoms with Gasteiger partial charge in [-0.05, 0) is 37.0 Å². The predicted octanol–water partition coefficient (Wildman–Crippen LogP) is 4.62. The normalized spacial score (nSPS) is 37.4. The zero-order valence-corrected chi connectivity index (χ0v) is 10.8. The van der Waals surface area contributed by atoms with Crippen LogP contribution in [0.25, 0.3) is 0 Å². The van der Waals surface area contributed by atoms with Gasteiger partial charge in [-0.3, -0.25) is 0 Å². The highest BCUT2D eigenvalue weighted by atomic mass is 79.9. The molecular formula is C12H23Br. The van der Waals surface area contributed by atoms with Gasteiger partial charge in [-0.1, -0.05) is 49.5 Å². The SMILES string of the molecule is CCCC(Br)C1CCC(C)CC1C. The van der Waals surface area contributed by atoms with Crippen molar-refractivity contribution < 1.29 is 0 Å². The molecule has 0 aromatic rings. The second-order valence-electron chi connectivity index (χ2n) is 4.86. The predicted molar refractivity (Wildman–Crippen MR) is 63.3 cm³/mol. The van der Waals surface area contributed by atoms with Gasteiger partial charge in [0.2, 0.25) is 0 Å². The first-order valence-electron chi connectivity index (χ1n) is 5.79. The second-order valence-corrected chi connectivity index (χ2v) is 6.04. The van der Waals surface area contributed by atoms with Crippen molar-refractivity contribution >= 4 is 15.9 Å². The lowest BCUT2D eigenvalue weighted by atomic mass is 9.73. The Hall–Kier alpha value is 0.480. The minimum atomic E-state index is 0.778. The Morgan fingerprint density at radius 1 is 1.31 bits per heavy atom. The van der Waals surface area contributed by atoms with Gasteiger partial charge < -0.3 is 0 Å². The van der Waals surface area contributed by atoms with Crippen LogP contribution in [0, 0.1) is 17.8 Å². The number of hydrogen-bond donors (Lipinski definition) is 0. The highest BCUT2D eigenvalue weighted by molar-refractivity contribution is 9.09. The van der Waals surface area contributed by atoms with E-state index in [0.29, 0.717) is 0 Å². The minimum Gasteiger partial charge on any atom is -0.0888 e. The third kappa shape index (κ3) is 3.27. The first-order valence-corrected chi connectivity index (χ1v) is 6.70. The van der Waals surface area contributed by atoms with Gasteiger partial charge in [0, 0.05) is 4.83 Å². The van der Waals surface area contributed by atoms with Gasteiger partial charge >= 0.3 is 0 Å². The summed E-state index contributed by atoms with van der Waals surface area (Å²) in [6.07, 6.45) is 6.99. The molecule has 0 bridgehead atoms. The van der Waals surface area contributed by atoms with E-state index in [-0.39, 0.29) is 0 Å². The quantitative estimate of drug-likeness (QED) is 0.638. The van der Waals surface area contributed by atoms with E-state index in [1.807, 2.05) is 0 Å².